The molecule has 0 heterocycles. The van der Waals surface area contributed by atoms with Crippen LogP contribution in [0, 0.1) is 6.92 Å². The summed E-state index contributed by atoms with van der Waals surface area (Å²) < 4.78 is 27.0. The van der Waals surface area contributed by atoms with Crippen molar-refractivity contribution >= 4 is 43.5 Å². The molecule has 0 aliphatic heterocycles. The smallest absolute Gasteiger partial charge is 0.242 e. The highest BCUT2D eigenvalue weighted by Crippen LogP contribution is 2.21. The van der Waals surface area contributed by atoms with Crippen molar-refractivity contribution < 1.29 is 18.0 Å². The van der Waals surface area contributed by atoms with E-state index < -0.39 is 16.1 Å². The van der Waals surface area contributed by atoms with Crippen molar-refractivity contribution in [3.63, 3.8) is 0 Å². The van der Waals surface area contributed by atoms with Crippen LogP contribution in [0.15, 0.2) is 53.0 Å². The predicted octanol–water partition coefficient (Wildman–Crippen LogP) is 4.25. The van der Waals surface area contributed by atoms with Crippen molar-refractivity contribution in [1.29, 1.82) is 0 Å². The van der Waals surface area contributed by atoms with E-state index in [9.17, 15) is 18.0 Å². The van der Waals surface area contributed by atoms with Crippen molar-refractivity contribution in [1.82, 2.24) is 10.2 Å². The lowest BCUT2D eigenvalue weighted by molar-refractivity contribution is -0.140. The minimum Gasteiger partial charge on any atom is -0.352 e. The van der Waals surface area contributed by atoms with Gasteiger partial charge in [-0.25, -0.2) is 8.42 Å². The first-order valence-electron chi connectivity index (χ1n) is 11.3. The number of carbonyl (C=O) groups is 2. The molecule has 9 heteroatoms. The maximum Gasteiger partial charge on any atom is 0.242 e. The molecule has 2 aromatic rings. The molecule has 0 aromatic heterocycles. The van der Waals surface area contributed by atoms with Crippen LogP contribution >= 0.6 is 15.9 Å². The standard InChI is InChI=1S/C25H34BrN3O4S/c1-18(2)27-25(31)20(4)28(17-21-10-7-11-22(26)16-21)24(30)13-8-14-29(34(5,32)33)23-12-6-9-19(3)15-23/h6-7,9-12,15-16,18,20H,8,13-14,17H2,1-5H3,(H,27,31)/t20-/m0/s1. The Hall–Kier alpha value is -2.39. The fourth-order valence-corrected chi connectivity index (χ4v) is 5.01. The second-order valence-electron chi connectivity index (χ2n) is 8.77. The molecule has 0 radical (unpaired) electrons. The normalized spacial score (nSPS) is 12.3. The predicted molar refractivity (Wildman–Crippen MR) is 140 cm³/mol. The third-order valence-electron chi connectivity index (χ3n) is 5.28. The van der Waals surface area contributed by atoms with E-state index in [0.29, 0.717) is 12.1 Å². The molecule has 0 saturated carbocycles. The van der Waals surface area contributed by atoms with E-state index in [-0.39, 0.29) is 37.4 Å². The topological polar surface area (TPSA) is 86.8 Å². The fourth-order valence-electron chi connectivity index (χ4n) is 3.61. The summed E-state index contributed by atoms with van der Waals surface area (Å²) in [6.07, 6.45) is 1.60. The Bertz CT molecular complexity index is 1100. The molecule has 2 aromatic carbocycles. The number of carbonyl (C=O) groups excluding carboxylic acids is 2. The van der Waals surface area contributed by atoms with Gasteiger partial charge in [0.1, 0.15) is 6.04 Å². The second kappa shape index (κ2) is 12.4. The summed E-state index contributed by atoms with van der Waals surface area (Å²) >= 11 is 3.45. The van der Waals surface area contributed by atoms with Crippen LogP contribution < -0.4 is 9.62 Å². The minimum atomic E-state index is -3.51. The lowest BCUT2D eigenvalue weighted by Crippen LogP contribution is -2.49. The average molecular weight is 553 g/mol. The fraction of sp³-hybridized carbons (Fsp3) is 0.440. The number of hydrogen-bond donors (Lipinski definition) is 1. The Kier molecular flexibility index (Phi) is 10.1. The van der Waals surface area contributed by atoms with Crippen LogP contribution in [0.25, 0.3) is 0 Å². The zero-order valence-electron chi connectivity index (χ0n) is 20.4. The Labute approximate surface area is 211 Å². The van der Waals surface area contributed by atoms with Crippen LogP contribution in [0.3, 0.4) is 0 Å². The van der Waals surface area contributed by atoms with Crippen molar-refractivity contribution in [2.24, 2.45) is 0 Å². The molecular weight excluding hydrogens is 518 g/mol. The van der Waals surface area contributed by atoms with E-state index in [1.54, 1.807) is 24.0 Å². The second-order valence-corrected chi connectivity index (χ2v) is 11.6. The van der Waals surface area contributed by atoms with Crippen molar-refractivity contribution in [2.75, 3.05) is 17.1 Å². The molecule has 0 saturated heterocycles. The number of benzene rings is 2. The highest BCUT2D eigenvalue weighted by atomic mass is 79.9. The van der Waals surface area contributed by atoms with Gasteiger partial charge < -0.3 is 10.2 Å². The number of anilines is 1. The first kappa shape index (κ1) is 27.9. The maximum absolute atomic E-state index is 13.3. The molecule has 34 heavy (non-hydrogen) atoms. The summed E-state index contributed by atoms with van der Waals surface area (Å²) in [6.45, 7) is 7.80. The molecule has 0 aliphatic rings. The van der Waals surface area contributed by atoms with E-state index in [0.717, 1.165) is 21.9 Å². The van der Waals surface area contributed by atoms with E-state index in [4.69, 9.17) is 0 Å². The SMILES string of the molecule is Cc1cccc(N(CCCC(=O)N(Cc2cccc(Br)c2)[C@@H](C)C(=O)NC(C)C)S(C)(=O)=O)c1. The third-order valence-corrected chi connectivity index (χ3v) is 6.97. The van der Waals surface area contributed by atoms with Crippen LogP contribution in [0.5, 0.6) is 0 Å². The maximum atomic E-state index is 13.3. The molecule has 1 atom stereocenters. The summed E-state index contributed by atoms with van der Waals surface area (Å²) in [5, 5.41) is 2.87. The van der Waals surface area contributed by atoms with Gasteiger partial charge in [-0.3, -0.25) is 13.9 Å². The molecule has 2 amide bonds. The number of nitrogens with zero attached hydrogens (tertiary/aromatic N) is 2. The van der Waals surface area contributed by atoms with Gasteiger partial charge in [0.2, 0.25) is 21.8 Å². The largest absolute Gasteiger partial charge is 0.352 e. The van der Waals surface area contributed by atoms with Gasteiger partial charge in [-0.15, -0.1) is 0 Å². The Morgan fingerprint density at radius 2 is 1.74 bits per heavy atom. The summed E-state index contributed by atoms with van der Waals surface area (Å²) in [4.78, 5) is 27.5. The van der Waals surface area contributed by atoms with Gasteiger partial charge in [-0.1, -0.05) is 40.2 Å². The Morgan fingerprint density at radius 1 is 1.06 bits per heavy atom. The van der Waals surface area contributed by atoms with E-state index in [1.165, 1.54) is 4.31 Å². The molecule has 1 N–H and O–H groups in total. The zero-order valence-corrected chi connectivity index (χ0v) is 22.8. The molecule has 186 valence electrons. The third kappa shape index (κ3) is 8.43. The Balaban J connectivity index is 2.17. The highest BCUT2D eigenvalue weighted by molar-refractivity contribution is 9.10. The van der Waals surface area contributed by atoms with Crippen molar-refractivity contribution in [3.8, 4) is 0 Å². The van der Waals surface area contributed by atoms with Crippen LogP contribution in [0.1, 0.15) is 44.7 Å². The van der Waals surface area contributed by atoms with Gasteiger partial charge in [0.05, 0.1) is 11.9 Å². The van der Waals surface area contributed by atoms with Gasteiger partial charge in [0.15, 0.2) is 0 Å². The number of nitrogens with one attached hydrogen (secondary N) is 1. The quantitative estimate of drug-likeness (QED) is 0.452. The van der Waals surface area contributed by atoms with Crippen LogP contribution in [-0.4, -0.2) is 50.0 Å². The van der Waals surface area contributed by atoms with E-state index in [1.807, 2.05) is 57.2 Å². The van der Waals surface area contributed by atoms with Gasteiger partial charge in [-0.05, 0) is 69.5 Å². The van der Waals surface area contributed by atoms with Gasteiger partial charge in [-0.2, -0.15) is 0 Å². The molecule has 7 nitrogen and oxygen atoms in total. The summed E-state index contributed by atoms with van der Waals surface area (Å²) in [7, 11) is -3.51. The summed E-state index contributed by atoms with van der Waals surface area (Å²) in [6, 6.07) is 14.1. The molecule has 0 spiro atoms. The summed E-state index contributed by atoms with van der Waals surface area (Å²) in [5.74, 6) is -0.431. The first-order valence-corrected chi connectivity index (χ1v) is 13.9. The number of rotatable bonds is 11. The van der Waals surface area contributed by atoms with Crippen molar-refractivity contribution in [2.45, 2.75) is 59.2 Å². The molecular formula is C25H34BrN3O4S. The lowest BCUT2D eigenvalue weighted by Gasteiger charge is -2.30. The average Bonchev–Trinajstić information content (AvgIpc) is 2.73. The number of hydrogen-bond acceptors (Lipinski definition) is 4. The molecule has 0 fully saturated rings. The van der Waals surface area contributed by atoms with Gasteiger partial charge in [0.25, 0.3) is 0 Å². The molecule has 2 rings (SSSR count). The monoisotopic (exact) mass is 551 g/mol. The van der Waals surface area contributed by atoms with Gasteiger partial charge >= 0.3 is 0 Å². The minimum absolute atomic E-state index is 0.0459. The number of amides is 2. The number of halogens is 1. The highest BCUT2D eigenvalue weighted by Gasteiger charge is 2.27. The number of aryl methyl sites for hydroxylation is 1. The Morgan fingerprint density at radius 3 is 2.32 bits per heavy atom. The lowest BCUT2D eigenvalue weighted by atomic mass is 10.1. The number of sulfonamides is 1. The van der Waals surface area contributed by atoms with E-state index in [2.05, 4.69) is 21.2 Å². The molecule has 0 unspecified atom stereocenters. The first-order chi connectivity index (χ1) is 15.9. The summed E-state index contributed by atoms with van der Waals surface area (Å²) in [5.41, 5.74) is 2.42. The molecule has 0 bridgehead atoms. The van der Waals surface area contributed by atoms with Gasteiger partial charge in [0, 0.05) is 30.0 Å². The van der Waals surface area contributed by atoms with Crippen LogP contribution in [0.2, 0.25) is 0 Å². The zero-order chi connectivity index (χ0) is 25.5. The van der Waals surface area contributed by atoms with E-state index >= 15 is 0 Å². The van der Waals surface area contributed by atoms with Crippen LogP contribution in [-0.2, 0) is 26.2 Å². The van der Waals surface area contributed by atoms with Crippen LogP contribution in [0.4, 0.5) is 5.69 Å². The molecule has 0 aliphatic carbocycles. The van der Waals surface area contributed by atoms with Crippen molar-refractivity contribution in [3.05, 3.63) is 64.1 Å².